The first-order valence-electron chi connectivity index (χ1n) is 6.28. The van der Waals surface area contributed by atoms with Crippen LogP contribution in [-0.4, -0.2) is 36.4 Å². The minimum absolute atomic E-state index is 0.200. The zero-order chi connectivity index (χ0) is 15.1. The first kappa shape index (κ1) is 14.9. The molecule has 1 heterocycles. The fraction of sp³-hybridized carbons (Fsp3) is 0.462. The van der Waals surface area contributed by atoms with E-state index in [9.17, 15) is 17.6 Å². The van der Waals surface area contributed by atoms with Gasteiger partial charge in [-0.25, -0.2) is 17.6 Å². The van der Waals surface area contributed by atoms with Gasteiger partial charge in [-0.05, 0) is 37.5 Å². The van der Waals surface area contributed by atoms with Crippen LogP contribution in [0.2, 0.25) is 0 Å². The third kappa shape index (κ3) is 2.55. The van der Waals surface area contributed by atoms with Gasteiger partial charge in [-0.3, -0.25) is 0 Å². The highest BCUT2D eigenvalue weighted by Gasteiger charge is 2.37. The number of aromatic carboxylic acids is 1. The highest BCUT2D eigenvalue weighted by Crippen LogP contribution is 2.30. The topological polar surface area (TPSA) is 74.7 Å². The molecule has 1 aromatic carbocycles. The molecule has 1 saturated heterocycles. The van der Waals surface area contributed by atoms with Crippen LogP contribution in [0.5, 0.6) is 0 Å². The van der Waals surface area contributed by atoms with Gasteiger partial charge < -0.3 is 5.11 Å². The molecule has 0 saturated carbocycles. The summed E-state index contributed by atoms with van der Waals surface area (Å²) in [4.78, 5) is 10.3. The quantitative estimate of drug-likeness (QED) is 0.926. The Kier molecular flexibility index (Phi) is 3.84. The van der Waals surface area contributed by atoms with Crippen molar-refractivity contribution in [1.29, 1.82) is 0 Å². The lowest BCUT2D eigenvalue weighted by Gasteiger charge is -2.21. The standard InChI is InChI=1S/C13H16FNO4S/c1-8-5-9(2)15(7-8)20(18,19)12-6-10(13(16)17)3-4-11(12)14/h3-4,6,8-9H,5,7H2,1-2H3,(H,16,17). The Morgan fingerprint density at radius 2 is 2.05 bits per heavy atom. The molecule has 0 radical (unpaired) electrons. The number of nitrogens with zero attached hydrogens (tertiary/aromatic N) is 1. The molecular weight excluding hydrogens is 285 g/mol. The monoisotopic (exact) mass is 301 g/mol. The summed E-state index contributed by atoms with van der Waals surface area (Å²) in [5.74, 6) is -2.02. The zero-order valence-electron chi connectivity index (χ0n) is 11.2. The van der Waals surface area contributed by atoms with E-state index in [2.05, 4.69) is 0 Å². The summed E-state index contributed by atoms with van der Waals surface area (Å²) in [6.45, 7) is 4.01. The lowest BCUT2D eigenvalue weighted by Crippen LogP contribution is -2.34. The highest BCUT2D eigenvalue weighted by molar-refractivity contribution is 7.89. The summed E-state index contributed by atoms with van der Waals surface area (Å²) in [7, 11) is -4.01. The number of benzene rings is 1. The van der Waals surface area contributed by atoms with Crippen LogP contribution in [0.1, 0.15) is 30.6 Å². The molecule has 1 aromatic rings. The summed E-state index contributed by atoms with van der Waals surface area (Å²) >= 11 is 0. The average molecular weight is 301 g/mol. The average Bonchev–Trinajstić information content (AvgIpc) is 2.69. The Morgan fingerprint density at radius 3 is 2.55 bits per heavy atom. The Balaban J connectivity index is 2.49. The van der Waals surface area contributed by atoms with E-state index >= 15 is 0 Å². The first-order chi connectivity index (χ1) is 9.23. The molecular formula is C13H16FNO4S. The molecule has 2 atom stereocenters. The Bertz CT molecular complexity index is 644. The predicted molar refractivity (Wildman–Crippen MR) is 70.5 cm³/mol. The lowest BCUT2D eigenvalue weighted by molar-refractivity contribution is 0.0696. The fourth-order valence-corrected chi connectivity index (χ4v) is 4.41. The maximum absolute atomic E-state index is 13.8. The van der Waals surface area contributed by atoms with Gasteiger partial charge in [0.1, 0.15) is 10.7 Å². The number of rotatable bonds is 3. The molecule has 1 aliphatic rings. The van der Waals surface area contributed by atoms with Crippen molar-refractivity contribution in [3.63, 3.8) is 0 Å². The van der Waals surface area contributed by atoms with Crippen LogP contribution in [0.4, 0.5) is 4.39 Å². The van der Waals surface area contributed by atoms with Crippen LogP contribution in [0.3, 0.4) is 0 Å². The van der Waals surface area contributed by atoms with Crippen molar-refractivity contribution in [2.24, 2.45) is 5.92 Å². The second-order valence-electron chi connectivity index (χ2n) is 5.21. The van der Waals surface area contributed by atoms with Crippen molar-refractivity contribution in [3.05, 3.63) is 29.6 Å². The van der Waals surface area contributed by atoms with Crippen LogP contribution >= 0.6 is 0 Å². The van der Waals surface area contributed by atoms with Crippen molar-refractivity contribution in [1.82, 2.24) is 4.31 Å². The van der Waals surface area contributed by atoms with Crippen LogP contribution in [-0.2, 0) is 10.0 Å². The number of carboxylic acid groups (broad SMARTS) is 1. The van der Waals surface area contributed by atoms with E-state index < -0.39 is 26.7 Å². The molecule has 1 aliphatic heterocycles. The van der Waals surface area contributed by atoms with E-state index in [0.717, 1.165) is 18.2 Å². The molecule has 5 nitrogen and oxygen atoms in total. The van der Waals surface area contributed by atoms with Gasteiger partial charge >= 0.3 is 5.97 Å². The molecule has 0 aliphatic carbocycles. The van der Waals surface area contributed by atoms with E-state index in [-0.39, 0.29) is 17.5 Å². The molecule has 0 spiro atoms. The Hall–Kier alpha value is -1.47. The van der Waals surface area contributed by atoms with Gasteiger partial charge in [0, 0.05) is 12.6 Å². The molecule has 7 heteroatoms. The van der Waals surface area contributed by atoms with Crippen LogP contribution < -0.4 is 0 Å². The molecule has 0 amide bonds. The van der Waals surface area contributed by atoms with Gasteiger partial charge in [-0.1, -0.05) is 6.92 Å². The minimum atomic E-state index is -4.01. The zero-order valence-corrected chi connectivity index (χ0v) is 12.0. The van der Waals surface area contributed by atoms with Crippen LogP contribution in [0.25, 0.3) is 0 Å². The van der Waals surface area contributed by atoms with E-state index in [0.29, 0.717) is 13.0 Å². The van der Waals surface area contributed by atoms with Gasteiger partial charge in [0.05, 0.1) is 5.56 Å². The predicted octanol–water partition coefficient (Wildman–Crippen LogP) is 1.94. The summed E-state index contributed by atoms with van der Waals surface area (Å²) in [5.41, 5.74) is -0.245. The summed E-state index contributed by atoms with van der Waals surface area (Å²) in [5, 5.41) is 8.89. The first-order valence-corrected chi connectivity index (χ1v) is 7.72. The van der Waals surface area contributed by atoms with Gasteiger partial charge in [-0.2, -0.15) is 4.31 Å². The molecule has 110 valence electrons. The van der Waals surface area contributed by atoms with Gasteiger partial charge in [0.2, 0.25) is 10.0 Å². The Morgan fingerprint density at radius 1 is 1.40 bits per heavy atom. The normalized spacial score (nSPS) is 23.9. The van der Waals surface area contributed by atoms with Crippen LogP contribution in [0, 0.1) is 11.7 Å². The number of halogens is 1. The number of carbonyl (C=O) groups is 1. The molecule has 0 aromatic heterocycles. The maximum atomic E-state index is 13.8. The van der Waals surface area contributed by atoms with Crippen molar-refractivity contribution in [3.8, 4) is 0 Å². The number of hydrogen-bond donors (Lipinski definition) is 1. The van der Waals surface area contributed by atoms with E-state index in [1.165, 1.54) is 4.31 Å². The Labute approximate surface area is 117 Å². The molecule has 2 unspecified atom stereocenters. The van der Waals surface area contributed by atoms with Crippen molar-refractivity contribution < 1.29 is 22.7 Å². The minimum Gasteiger partial charge on any atom is -0.478 e. The lowest BCUT2D eigenvalue weighted by atomic mass is 10.1. The highest BCUT2D eigenvalue weighted by atomic mass is 32.2. The van der Waals surface area contributed by atoms with E-state index in [1.54, 1.807) is 6.92 Å². The number of hydrogen-bond acceptors (Lipinski definition) is 3. The van der Waals surface area contributed by atoms with Gasteiger partial charge in [0.25, 0.3) is 0 Å². The number of carboxylic acids is 1. The van der Waals surface area contributed by atoms with Gasteiger partial charge in [-0.15, -0.1) is 0 Å². The smallest absolute Gasteiger partial charge is 0.335 e. The largest absolute Gasteiger partial charge is 0.478 e. The molecule has 2 rings (SSSR count). The van der Waals surface area contributed by atoms with Gasteiger partial charge in [0.15, 0.2) is 0 Å². The third-order valence-corrected chi connectivity index (χ3v) is 5.49. The summed E-state index contributed by atoms with van der Waals surface area (Å²) < 4.78 is 40.0. The van der Waals surface area contributed by atoms with Crippen LogP contribution in [0.15, 0.2) is 23.1 Å². The third-order valence-electron chi connectivity index (χ3n) is 3.49. The number of sulfonamides is 1. The van der Waals surface area contributed by atoms with Crippen molar-refractivity contribution >= 4 is 16.0 Å². The molecule has 1 fully saturated rings. The summed E-state index contributed by atoms with van der Waals surface area (Å²) in [6.07, 6.45) is 0.708. The molecule has 0 bridgehead atoms. The SMILES string of the molecule is CC1CC(C)N(S(=O)(=O)c2cc(C(=O)O)ccc2F)C1. The fourth-order valence-electron chi connectivity index (χ4n) is 2.56. The van der Waals surface area contributed by atoms with Crippen molar-refractivity contribution in [2.45, 2.75) is 31.2 Å². The molecule has 20 heavy (non-hydrogen) atoms. The maximum Gasteiger partial charge on any atom is 0.335 e. The second-order valence-corrected chi connectivity index (χ2v) is 7.07. The van der Waals surface area contributed by atoms with E-state index in [1.807, 2.05) is 6.92 Å². The summed E-state index contributed by atoms with van der Waals surface area (Å²) in [6, 6.07) is 2.58. The van der Waals surface area contributed by atoms with Crippen molar-refractivity contribution in [2.75, 3.05) is 6.54 Å². The second kappa shape index (κ2) is 5.14. The van der Waals surface area contributed by atoms with E-state index in [4.69, 9.17) is 5.11 Å². The molecule has 1 N–H and O–H groups in total.